The fourth-order valence-corrected chi connectivity index (χ4v) is 5.10. The smallest absolute Gasteiger partial charge is 0.131 e. The Labute approximate surface area is 217 Å². The second-order valence-corrected chi connectivity index (χ2v) is 9.86. The average molecular weight is 494 g/mol. The Kier molecular flexibility index (Phi) is 7.06. The molecule has 0 amide bonds. The van der Waals surface area contributed by atoms with Crippen molar-refractivity contribution in [2.75, 3.05) is 11.9 Å². The highest BCUT2D eigenvalue weighted by Crippen LogP contribution is 2.33. The second-order valence-electron chi connectivity index (χ2n) is 9.43. The largest absolute Gasteiger partial charge is 0.371 e. The van der Waals surface area contributed by atoms with Crippen LogP contribution < -0.4 is 4.90 Å². The Morgan fingerprint density at radius 1 is 0.750 bits per heavy atom. The van der Waals surface area contributed by atoms with E-state index in [4.69, 9.17) is 11.6 Å². The number of nitrogens with zero attached hydrogens (tertiary/aromatic N) is 1. The number of benzene rings is 5. The lowest BCUT2D eigenvalue weighted by Crippen LogP contribution is -2.35. The maximum atomic E-state index is 14.8. The Hall–Kier alpha value is -3.62. The first-order chi connectivity index (χ1) is 17.5. The summed E-state index contributed by atoms with van der Waals surface area (Å²) in [5.74, 6) is -0.0258. The van der Waals surface area contributed by atoms with Crippen LogP contribution in [-0.2, 0) is 6.42 Å². The van der Waals surface area contributed by atoms with Crippen LogP contribution in [0.15, 0.2) is 115 Å². The van der Waals surface area contributed by atoms with Crippen molar-refractivity contribution < 1.29 is 4.39 Å². The molecule has 0 aliphatic rings. The van der Waals surface area contributed by atoms with Gasteiger partial charge in [-0.15, -0.1) is 0 Å². The van der Waals surface area contributed by atoms with Gasteiger partial charge in [0.1, 0.15) is 5.82 Å². The van der Waals surface area contributed by atoms with E-state index >= 15 is 0 Å². The standard InChI is InChI=1S/C33H29ClFN/c1-23(36(2)30-18-15-25-8-6-7-11-28(25)22-30)31(27-13-16-29(34)17-14-27)20-24-12-19-33(35)32(21-24)26-9-4-3-5-10-26/h3-19,21-23,31H,20H2,1-2H3. The number of likely N-dealkylation sites (N-methyl/N-ethyl adjacent to an activating group) is 1. The molecule has 0 aromatic heterocycles. The van der Waals surface area contributed by atoms with Crippen LogP contribution in [0.25, 0.3) is 21.9 Å². The molecule has 5 aromatic carbocycles. The van der Waals surface area contributed by atoms with Gasteiger partial charge in [-0.3, -0.25) is 0 Å². The van der Waals surface area contributed by atoms with Crippen molar-refractivity contribution in [2.45, 2.75) is 25.3 Å². The summed E-state index contributed by atoms with van der Waals surface area (Å²) in [4.78, 5) is 2.34. The van der Waals surface area contributed by atoms with Crippen LogP contribution in [0.5, 0.6) is 0 Å². The van der Waals surface area contributed by atoms with Gasteiger partial charge in [0.05, 0.1) is 0 Å². The zero-order valence-electron chi connectivity index (χ0n) is 20.5. The van der Waals surface area contributed by atoms with E-state index in [-0.39, 0.29) is 17.8 Å². The average Bonchev–Trinajstić information content (AvgIpc) is 2.92. The number of anilines is 1. The van der Waals surface area contributed by atoms with Gasteiger partial charge in [0.2, 0.25) is 0 Å². The minimum Gasteiger partial charge on any atom is -0.371 e. The summed E-state index contributed by atoms with van der Waals surface area (Å²) >= 11 is 6.22. The van der Waals surface area contributed by atoms with Crippen molar-refractivity contribution in [3.63, 3.8) is 0 Å². The van der Waals surface area contributed by atoms with Crippen molar-refractivity contribution >= 4 is 28.1 Å². The fourth-order valence-electron chi connectivity index (χ4n) is 4.97. The quantitative estimate of drug-likeness (QED) is 0.218. The molecule has 5 aromatic rings. The van der Waals surface area contributed by atoms with Crippen LogP contribution in [-0.4, -0.2) is 13.1 Å². The summed E-state index contributed by atoms with van der Waals surface area (Å²) < 4.78 is 14.8. The molecule has 0 radical (unpaired) electrons. The first-order valence-electron chi connectivity index (χ1n) is 12.3. The maximum absolute atomic E-state index is 14.8. The molecule has 0 saturated carbocycles. The summed E-state index contributed by atoms with van der Waals surface area (Å²) in [5, 5.41) is 3.18. The van der Waals surface area contributed by atoms with Crippen LogP contribution in [0, 0.1) is 5.82 Å². The number of fused-ring (bicyclic) bond motifs is 1. The third-order valence-electron chi connectivity index (χ3n) is 7.20. The highest BCUT2D eigenvalue weighted by atomic mass is 35.5. The van der Waals surface area contributed by atoms with Crippen molar-refractivity contribution in [3.05, 3.63) is 137 Å². The molecule has 2 atom stereocenters. The second kappa shape index (κ2) is 10.6. The van der Waals surface area contributed by atoms with Crippen LogP contribution in [0.4, 0.5) is 10.1 Å². The highest BCUT2D eigenvalue weighted by Gasteiger charge is 2.24. The molecule has 0 spiro atoms. The molecule has 0 heterocycles. The van der Waals surface area contributed by atoms with Crippen molar-refractivity contribution in [1.29, 1.82) is 0 Å². The van der Waals surface area contributed by atoms with Crippen LogP contribution in [0.1, 0.15) is 24.0 Å². The van der Waals surface area contributed by atoms with E-state index in [1.807, 2.05) is 54.6 Å². The summed E-state index contributed by atoms with van der Waals surface area (Å²) in [6, 6.07) is 38.6. The number of halogens is 2. The molecular formula is C33H29ClFN. The predicted octanol–water partition coefficient (Wildman–Crippen LogP) is 9.15. The lowest BCUT2D eigenvalue weighted by molar-refractivity contribution is 0.539. The molecule has 0 fully saturated rings. The van der Waals surface area contributed by atoms with Gasteiger partial charge >= 0.3 is 0 Å². The zero-order valence-corrected chi connectivity index (χ0v) is 21.3. The molecule has 0 aliphatic heterocycles. The van der Waals surface area contributed by atoms with E-state index in [1.54, 1.807) is 6.07 Å². The van der Waals surface area contributed by atoms with Gasteiger partial charge in [0.15, 0.2) is 0 Å². The molecule has 0 saturated heterocycles. The fraction of sp³-hybridized carbons (Fsp3) is 0.152. The minimum absolute atomic E-state index is 0.174. The zero-order chi connectivity index (χ0) is 25.1. The number of rotatable bonds is 7. The van der Waals surface area contributed by atoms with Gasteiger partial charge in [0, 0.05) is 35.3 Å². The summed E-state index contributed by atoms with van der Waals surface area (Å²) in [6.07, 6.45) is 0.779. The van der Waals surface area contributed by atoms with Gasteiger partial charge < -0.3 is 4.90 Å². The SMILES string of the molecule is CC(C(Cc1ccc(F)c(-c2ccccc2)c1)c1ccc(Cl)cc1)N(C)c1ccc2ccccc2c1. The number of hydrogen-bond donors (Lipinski definition) is 0. The number of hydrogen-bond acceptors (Lipinski definition) is 1. The van der Waals surface area contributed by atoms with Gasteiger partial charge in [-0.2, -0.15) is 0 Å². The van der Waals surface area contributed by atoms with Gasteiger partial charge in [-0.1, -0.05) is 90.5 Å². The summed E-state index contributed by atoms with van der Waals surface area (Å²) in [6.45, 7) is 2.26. The maximum Gasteiger partial charge on any atom is 0.131 e. The van der Waals surface area contributed by atoms with Crippen molar-refractivity contribution in [1.82, 2.24) is 0 Å². The first-order valence-corrected chi connectivity index (χ1v) is 12.7. The van der Waals surface area contributed by atoms with E-state index < -0.39 is 0 Å². The molecule has 36 heavy (non-hydrogen) atoms. The van der Waals surface area contributed by atoms with E-state index in [1.165, 1.54) is 22.0 Å². The van der Waals surface area contributed by atoms with E-state index in [2.05, 4.69) is 73.5 Å². The molecule has 0 bridgehead atoms. The Balaban J connectivity index is 1.50. The van der Waals surface area contributed by atoms with Crippen LogP contribution in [0.2, 0.25) is 5.02 Å². The molecule has 180 valence electrons. The molecule has 1 nitrogen and oxygen atoms in total. The summed E-state index contributed by atoms with van der Waals surface area (Å²) in [7, 11) is 2.15. The van der Waals surface area contributed by atoms with Gasteiger partial charge in [0.25, 0.3) is 0 Å². The van der Waals surface area contributed by atoms with Gasteiger partial charge in [-0.05, 0) is 77.2 Å². The molecule has 3 heteroatoms. The monoisotopic (exact) mass is 493 g/mol. The molecule has 0 aliphatic carbocycles. The Morgan fingerprint density at radius 3 is 2.19 bits per heavy atom. The lowest BCUT2D eigenvalue weighted by atomic mass is 9.85. The Morgan fingerprint density at radius 2 is 1.44 bits per heavy atom. The Bertz CT molecular complexity index is 1460. The lowest BCUT2D eigenvalue weighted by Gasteiger charge is -2.34. The summed E-state index contributed by atoms with van der Waals surface area (Å²) in [5.41, 5.74) is 5.02. The third-order valence-corrected chi connectivity index (χ3v) is 7.45. The van der Waals surface area contributed by atoms with Gasteiger partial charge in [-0.25, -0.2) is 4.39 Å². The van der Waals surface area contributed by atoms with Crippen LogP contribution in [0.3, 0.4) is 0 Å². The first kappa shape index (κ1) is 24.1. The minimum atomic E-state index is -0.200. The molecular weight excluding hydrogens is 465 g/mol. The van der Waals surface area contributed by atoms with E-state index in [0.717, 1.165) is 22.6 Å². The highest BCUT2D eigenvalue weighted by molar-refractivity contribution is 6.30. The van der Waals surface area contributed by atoms with E-state index in [0.29, 0.717) is 5.56 Å². The molecule has 0 N–H and O–H groups in total. The normalized spacial score (nSPS) is 12.9. The van der Waals surface area contributed by atoms with E-state index in [9.17, 15) is 4.39 Å². The predicted molar refractivity (Wildman–Crippen MR) is 152 cm³/mol. The third kappa shape index (κ3) is 5.15. The van der Waals surface area contributed by atoms with Crippen molar-refractivity contribution in [2.24, 2.45) is 0 Å². The topological polar surface area (TPSA) is 3.24 Å². The van der Waals surface area contributed by atoms with Crippen molar-refractivity contribution in [3.8, 4) is 11.1 Å². The molecule has 2 unspecified atom stereocenters. The van der Waals surface area contributed by atoms with Crippen LogP contribution >= 0.6 is 11.6 Å². The molecule has 5 rings (SSSR count).